The molecule has 0 spiro atoms. The topological polar surface area (TPSA) is 65.5 Å². The third-order valence-electron chi connectivity index (χ3n) is 6.06. The summed E-state index contributed by atoms with van der Waals surface area (Å²) in [5, 5.41) is 13.9. The molecule has 5 nitrogen and oxygen atoms in total. The molecule has 4 rings (SSSR count). The zero-order chi connectivity index (χ0) is 22.9. The Kier molecular flexibility index (Phi) is 6.56. The Hall–Kier alpha value is -2.41. The summed E-state index contributed by atoms with van der Waals surface area (Å²) >= 11 is 7.41. The molecule has 3 aromatic rings. The quantitative estimate of drug-likeness (QED) is 0.480. The summed E-state index contributed by atoms with van der Waals surface area (Å²) in [4.78, 5) is 21.3. The number of rotatable bonds is 5. The van der Waals surface area contributed by atoms with Gasteiger partial charge in [0.25, 0.3) is 5.91 Å². The summed E-state index contributed by atoms with van der Waals surface area (Å²) in [7, 11) is 0. The van der Waals surface area contributed by atoms with Crippen molar-refractivity contribution in [2.45, 2.75) is 39.2 Å². The van der Waals surface area contributed by atoms with Gasteiger partial charge in [0.15, 0.2) is 0 Å². The molecule has 1 aliphatic rings. The third-order valence-corrected chi connectivity index (χ3v) is 7.45. The van der Waals surface area contributed by atoms with Gasteiger partial charge in [-0.15, -0.1) is 11.3 Å². The van der Waals surface area contributed by atoms with Crippen LogP contribution in [0.4, 0.5) is 11.5 Å². The largest absolute Gasteiger partial charge is 0.390 e. The Balaban J connectivity index is 1.41. The van der Waals surface area contributed by atoms with Gasteiger partial charge in [-0.3, -0.25) is 4.79 Å². The van der Waals surface area contributed by atoms with Gasteiger partial charge in [-0.1, -0.05) is 23.7 Å². The predicted molar refractivity (Wildman–Crippen MR) is 133 cm³/mol. The molecule has 0 saturated carbocycles. The molecule has 1 fully saturated rings. The van der Waals surface area contributed by atoms with Crippen LogP contribution >= 0.6 is 22.9 Å². The summed E-state index contributed by atoms with van der Waals surface area (Å²) in [5.74, 6) is 1.11. The number of nitrogens with one attached hydrogen (secondary N) is 1. The van der Waals surface area contributed by atoms with Gasteiger partial charge in [-0.2, -0.15) is 0 Å². The van der Waals surface area contributed by atoms with Gasteiger partial charge in [-0.05, 0) is 81.0 Å². The van der Waals surface area contributed by atoms with Gasteiger partial charge in [-0.25, -0.2) is 4.98 Å². The molecule has 168 valence electrons. The maximum absolute atomic E-state index is 12.8. The molecule has 7 heteroatoms. The lowest BCUT2D eigenvalue weighted by Crippen LogP contribution is -2.42. The molecule has 2 N–H and O–H groups in total. The van der Waals surface area contributed by atoms with E-state index in [1.807, 2.05) is 63.2 Å². The van der Waals surface area contributed by atoms with E-state index >= 15 is 0 Å². The van der Waals surface area contributed by atoms with E-state index in [4.69, 9.17) is 11.6 Å². The first kappa shape index (κ1) is 22.8. The number of hydrogen-bond acceptors (Lipinski definition) is 5. The zero-order valence-corrected chi connectivity index (χ0v) is 20.1. The monoisotopic (exact) mass is 469 g/mol. The van der Waals surface area contributed by atoms with Crippen LogP contribution in [0.15, 0.2) is 48.7 Å². The maximum Gasteiger partial charge on any atom is 0.265 e. The number of benzene rings is 1. The number of thiophene rings is 1. The molecule has 32 heavy (non-hydrogen) atoms. The fraction of sp³-hybridized carbons (Fsp3) is 0.360. The number of halogens is 1. The summed E-state index contributed by atoms with van der Waals surface area (Å²) in [6.07, 6.45) is 3.60. The van der Waals surface area contributed by atoms with Crippen molar-refractivity contribution in [1.29, 1.82) is 0 Å². The number of aliphatic hydroxyl groups is 1. The van der Waals surface area contributed by atoms with Crippen molar-refractivity contribution in [3.05, 3.63) is 64.1 Å². The SMILES string of the molecule is Cc1cc(NC(=O)c2ccc(-c3ccc(Cl)cc3)s2)cnc1N1CCC(C(C)(C)O)CC1. The minimum Gasteiger partial charge on any atom is -0.390 e. The lowest BCUT2D eigenvalue weighted by Gasteiger charge is -2.38. The highest BCUT2D eigenvalue weighted by Crippen LogP contribution is 2.32. The van der Waals surface area contributed by atoms with Crippen LogP contribution in [0.1, 0.15) is 41.9 Å². The van der Waals surface area contributed by atoms with E-state index in [2.05, 4.69) is 15.2 Å². The second-order valence-corrected chi connectivity index (χ2v) is 10.4. The van der Waals surface area contributed by atoms with Crippen LogP contribution in [0.5, 0.6) is 0 Å². The molecule has 1 saturated heterocycles. The van der Waals surface area contributed by atoms with Gasteiger partial charge >= 0.3 is 0 Å². The van der Waals surface area contributed by atoms with Crippen molar-refractivity contribution in [3.63, 3.8) is 0 Å². The number of aryl methyl sites for hydroxylation is 1. The number of carbonyl (C=O) groups is 1. The molecule has 1 aromatic carbocycles. The fourth-order valence-corrected chi connectivity index (χ4v) is 5.22. The van der Waals surface area contributed by atoms with Crippen molar-refractivity contribution in [1.82, 2.24) is 4.98 Å². The highest BCUT2D eigenvalue weighted by molar-refractivity contribution is 7.17. The number of carbonyl (C=O) groups excluding carboxylic acids is 1. The number of piperidine rings is 1. The fourth-order valence-electron chi connectivity index (χ4n) is 4.19. The lowest BCUT2D eigenvalue weighted by molar-refractivity contribution is 0.00645. The van der Waals surface area contributed by atoms with E-state index in [1.165, 1.54) is 11.3 Å². The normalized spacial score (nSPS) is 15.1. The van der Waals surface area contributed by atoms with E-state index in [9.17, 15) is 9.90 Å². The number of amides is 1. The maximum atomic E-state index is 12.8. The molecule has 0 radical (unpaired) electrons. The van der Waals surface area contributed by atoms with E-state index in [0.717, 1.165) is 47.8 Å². The van der Waals surface area contributed by atoms with E-state index in [-0.39, 0.29) is 5.91 Å². The second-order valence-electron chi connectivity index (χ2n) is 8.90. The summed E-state index contributed by atoms with van der Waals surface area (Å²) in [6, 6.07) is 13.4. The molecule has 1 aliphatic heterocycles. The molecule has 2 aromatic heterocycles. The summed E-state index contributed by atoms with van der Waals surface area (Å²) < 4.78 is 0. The van der Waals surface area contributed by atoms with Crippen LogP contribution in [-0.4, -0.2) is 34.7 Å². The molecule has 0 atom stereocenters. The van der Waals surface area contributed by atoms with Gasteiger partial charge in [0.05, 0.1) is 22.4 Å². The highest BCUT2D eigenvalue weighted by atomic mass is 35.5. The summed E-state index contributed by atoms with van der Waals surface area (Å²) in [5.41, 5.74) is 2.10. The second kappa shape index (κ2) is 9.22. The number of hydrogen-bond donors (Lipinski definition) is 2. The molecule has 3 heterocycles. The van der Waals surface area contributed by atoms with E-state index in [1.54, 1.807) is 6.20 Å². The average molecular weight is 470 g/mol. The smallest absolute Gasteiger partial charge is 0.265 e. The number of anilines is 2. The Morgan fingerprint density at radius 2 is 1.88 bits per heavy atom. The van der Waals surface area contributed by atoms with Crippen LogP contribution in [0.25, 0.3) is 10.4 Å². The number of nitrogens with zero attached hydrogens (tertiary/aromatic N) is 2. The third kappa shape index (κ3) is 5.14. The van der Waals surface area contributed by atoms with Crippen molar-refractivity contribution in [2.75, 3.05) is 23.3 Å². The van der Waals surface area contributed by atoms with Crippen LogP contribution in [0, 0.1) is 12.8 Å². The average Bonchev–Trinajstić information content (AvgIpc) is 3.24. The highest BCUT2D eigenvalue weighted by Gasteiger charge is 2.31. The molecule has 1 amide bonds. The Bertz CT molecular complexity index is 1100. The summed E-state index contributed by atoms with van der Waals surface area (Å²) in [6.45, 7) is 7.54. The Labute approximate surface area is 198 Å². The van der Waals surface area contributed by atoms with Gasteiger partial charge in [0, 0.05) is 23.0 Å². The molecule has 0 unspecified atom stereocenters. The molecule has 0 bridgehead atoms. The molecular weight excluding hydrogens is 442 g/mol. The minimum absolute atomic E-state index is 0.143. The first-order valence-corrected chi connectivity index (χ1v) is 12.0. The predicted octanol–water partition coefficient (Wildman–Crippen LogP) is 6.01. The first-order chi connectivity index (χ1) is 15.2. The standard InChI is InChI=1S/C25H28ClN3O2S/c1-16-14-20(15-27-23(16)29-12-10-18(11-13-29)25(2,3)31)28-24(30)22-9-8-21(32-22)17-4-6-19(26)7-5-17/h4-9,14-15,18,31H,10-13H2,1-3H3,(H,28,30). The van der Waals surface area contributed by atoms with Crippen molar-refractivity contribution in [2.24, 2.45) is 5.92 Å². The molecular formula is C25H28ClN3O2S. The van der Waals surface area contributed by atoms with Crippen LogP contribution < -0.4 is 10.2 Å². The molecule has 0 aliphatic carbocycles. The van der Waals surface area contributed by atoms with Crippen LogP contribution in [0.3, 0.4) is 0 Å². The minimum atomic E-state index is -0.641. The number of pyridine rings is 1. The number of aromatic nitrogens is 1. The lowest BCUT2D eigenvalue weighted by atomic mass is 9.83. The first-order valence-electron chi connectivity index (χ1n) is 10.8. The Morgan fingerprint density at radius 3 is 2.50 bits per heavy atom. The zero-order valence-electron chi connectivity index (χ0n) is 18.6. The van der Waals surface area contributed by atoms with Crippen LogP contribution in [-0.2, 0) is 0 Å². The van der Waals surface area contributed by atoms with Crippen LogP contribution in [0.2, 0.25) is 5.02 Å². The van der Waals surface area contributed by atoms with Gasteiger partial charge < -0.3 is 15.3 Å². The Morgan fingerprint density at radius 1 is 1.19 bits per heavy atom. The van der Waals surface area contributed by atoms with E-state index in [0.29, 0.717) is 21.5 Å². The van der Waals surface area contributed by atoms with Gasteiger partial charge in [0.2, 0.25) is 0 Å². The van der Waals surface area contributed by atoms with E-state index < -0.39 is 5.60 Å². The van der Waals surface area contributed by atoms with Crippen molar-refractivity contribution in [3.8, 4) is 10.4 Å². The van der Waals surface area contributed by atoms with Gasteiger partial charge in [0.1, 0.15) is 5.82 Å². The van der Waals surface area contributed by atoms with Crippen molar-refractivity contribution >= 4 is 40.4 Å². The van der Waals surface area contributed by atoms with Crippen molar-refractivity contribution < 1.29 is 9.90 Å².